The molecule has 7 heteroatoms. The van der Waals surface area contributed by atoms with Crippen molar-refractivity contribution in [2.75, 3.05) is 52.9 Å². The molecule has 0 atom stereocenters. The topological polar surface area (TPSA) is 60.0 Å². The van der Waals surface area contributed by atoms with E-state index in [1.807, 2.05) is 7.05 Å². The van der Waals surface area contributed by atoms with Gasteiger partial charge in [-0.25, -0.2) is 0 Å². The smallest absolute Gasteiger partial charge is 0.225 e. The fourth-order valence-corrected chi connectivity index (χ4v) is 5.08. The van der Waals surface area contributed by atoms with Gasteiger partial charge in [0, 0.05) is 69.1 Å². The van der Waals surface area contributed by atoms with E-state index in [2.05, 4.69) is 56.8 Å². The lowest BCUT2D eigenvalue weighted by molar-refractivity contribution is -0.137. The van der Waals surface area contributed by atoms with Crippen LogP contribution < -0.4 is 10.6 Å². The molecule has 1 aromatic rings. The lowest BCUT2D eigenvalue weighted by Crippen LogP contribution is -2.52. The predicted molar refractivity (Wildman–Crippen MR) is 122 cm³/mol. The van der Waals surface area contributed by atoms with Crippen LogP contribution in [0.3, 0.4) is 0 Å². The quantitative estimate of drug-likeness (QED) is 0.527. The SMILES string of the molecule is CN=C(NCCN1CCN(C(=O)C2CCCC2)CC1)NCC(C)(C)c1cccs1. The largest absolute Gasteiger partial charge is 0.356 e. The second kappa shape index (κ2) is 10.4. The summed E-state index contributed by atoms with van der Waals surface area (Å²) in [6, 6.07) is 4.30. The summed E-state index contributed by atoms with van der Waals surface area (Å²) >= 11 is 1.80. The van der Waals surface area contributed by atoms with Gasteiger partial charge in [0.25, 0.3) is 0 Å². The third-order valence-electron chi connectivity index (χ3n) is 6.22. The van der Waals surface area contributed by atoms with Crippen LogP contribution in [0.1, 0.15) is 44.4 Å². The highest BCUT2D eigenvalue weighted by Gasteiger charge is 2.29. The zero-order valence-corrected chi connectivity index (χ0v) is 19.1. The molecule has 0 radical (unpaired) electrons. The van der Waals surface area contributed by atoms with E-state index in [9.17, 15) is 4.79 Å². The number of piperazine rings is 1. The average Bonchev–Trinajstić information content (AvgIpc) is 3.45. The highest BCUT2D eigenvalue weighted by molar-refractivity contribution is 7.10. The molecule has 1 amide bonds. The van der Waals surface area contributed by atoms with Crippen LogP contribution in [0.2, 0.25) is 0 Å². The monoisotopic (exact) mass is 419 g/mol. The number of thiophene rings is 1. The molecule has 2 heterocycles. The molecule has 0 unspecified atom stereocenters. The van der Waals surface area contributed by atoms with E-state index in [-0.39, 0.29) is 5.41 Å². The number of carbonyl (C=O) groups is 1. The van der Waals surface area contributed by atoms with Gasteiger partial charge in [0.05, 0.1) is 0 Å². The van der Waals surface area contributed by atoms with Gasteiger partial charge in [-0.15, -0.1) is 11.3 Å². The van der Waals surface area contributed by atoms with Crippen LogP contribution >= 0.6 is 11.3 Å². The van der Waals surface area contributed by atoms with Crippen LogP contribution in [-0.4, -0.2) is 74.5 Å². The van der Waals surface area contributed by atoms with Crippen LogP contribution in [0.15, 0.2) is 22.5 Å². The van der Waals surface area contributed by atoms with Gasteiger partial charge in [0.1, 0.15) is 0 Å². The molecule has 1 aliphatic heterocycles. The van der Waals surface area contributed by atoms with Gasteiger partial charge < -0.3 is 15.5 Å². The summed E-state index contributed by atoms with van der Waals surface area (Å²) in [6.45, 7) is 10.9. The zero-order chi connectivity index (χ0) is 20.7. The summed E-state index contributed by atoms with van der Waals surface area (Å²) in [4.78, 5) is 22.8. The molecule has 29 heavy (non-hydrogen) atoms. The van der Waals surface area contributed by atoms with Crippen molar-refractivity contribution in [1.82, 2.24) is 20.4 Å². The fourth-order valence-electron chi connectivity index (χ4n) is 4.23. The molecule has 1 saturated heterocycles. The zero-order valence-electron chi connectivity index (χ0n) is 18.2. The van der Waals surface area contributed by atoms with Gasteiger partial charge in [-0.05, 0) is 24.3 Å². The molecule has 1 aliphatic carbocycles. The third kappa shape index (κ3) is 6.19. The van der Waals surface area contributed by atoms with Crippen molar-refractivity contribution < 1.29 is 4.79 Å². The summed E-state index contributed by atoms with van der Waals surface area (Å²) in [7, 11) is 1.82. The van der Waals surface area contributed by atoms with Crippen molar-refractivity contribution in [2.45, 2.75) is 44.9 Å². The first kappa shape index (κ1) is 22.1. The number of guanidine groups is 1. The Morgan fingerprint density at radius 3 is 2.55 bits per heavy atom. The number of nitrogens with zero attached hydrogens (tertiary/aromatic N) is 3. The third-order valence-corrected chi connectivity index (χ3v) is 7.45. The molecule has 162 valence electrons. The van der Waals surface area contributed by atoms with Crippen LogP contribution in [-0.2, 0) is 10.2 Å². The Bertz CT molecular complexity index is 659. The minimum absolute atomic E-state index is 0.0774. The van der Waals surface area contributed by atoms with E-state index < -0.39 is 0 Å². The maximum absolute atomic E-state index is 12.6. The molecule has 0 aromatic carbocycles. The summed E-state index contributed by atoms with van der Waals surface area (Å²) in [5, 5.41) is 9.03. The fraction of sp³-hybridized carbons (Fsp3) is 0.727. The second-order valence-corrected chi connectivity index (χ2v) is 9.81. The molecule has 1 saturated carbocycles. The average molecular weight is 420 g/mol. The Morgan fingerprint density at radius 1 is 1.21 bits per heavy atom. The van der Waals surface area contributed by atoms with Crippen LogP contribution in [0.5, 0.6) is 0 Å². The summed E-state index contributed by atoms with van der Waals surface area (Å²) in [5.74, 6) is 1.55. The first-order chi connectivity index (χ1) is 14.0. The van der Waals surface area contributed by atoms with Gasteiger partial charge in [-0.2, -0.15) is 0 Å². The second-order valence-electron chi connectivity index (χ2n) is 8.86. The van der Waals surface area contributed by atoms with Crippen molar-refractivity contribution in [1.29, 1.82) is 0 Å². The molecule has 2 N–H and O–H groups in total. The van der Waals surface area contributed by atoms with E-state index in [0.29, 0.717) is 11.8 Å². The number of amides is 1. The molecule has 2 fully saturated rings. The Balaban J connectivity index is 1.33. The molecular formula is C22H37N5OS. The van der Waals surface area contributed by atoms with Gasteiger partial charge >= 0.3 is 0 Å². The van der Waals surface area contributed by atoms with Gasteiger partial charge in [0.2, 0.25) is 5.91 Å². The minimum atomic E-state index is 0.0774. The van der Waals surface area contributed by atoms with E-state index in [1.54, 1.807) is 11.3 Å². The highest BCUT2D eigenvalue weighted by atomic mass is 32.1. The summed E-state index contributed by atoms with van der Waals surface area (Å²) in [5.41, 5.74) is 0.0774. The van der Waals surface area contributed by atoms with Crippen molar-refractivity contribution in [3.05, 3.63) is 22.4 Å². The number of rotatable bonds is 7. The van der Waals surface area contributed by atoms with E-state index in [1.165, 1.54) is 17.7 Å². The van der Waals surface area contributed by atoms with Crippen LogP contribution in [0, 0.1) is 5.92 Å². The lowest BCUT2D eigenvalue weighted by atomic mass is 9.91. The molecule has 0 bridgehead atoms. The van der Waals surface area contributed by atoms with Crippen molar-refractivity contribution >= 4 is 23.2 Å². The Labute approximate surface area is 179 Å². The summed E-state index contributed by atoms with van der Waals surface area (Å²) in [6.07, 6.45) is 4.64. The minimum Gasteiger partial charge on any atom is -0.356 e. The molecule has 6 nitrogen and oxygen atoms in total. The number of hydrogen-bond donors (Lipinski definition) is 2. The van der Waals surface area contributed by atoms with Crippen LogP contribution in [0.4, 0.5) is 0 Å². The normalized spacial score (nSPS) is 19.6. The van der Waals surface area contributed by atoms with E-state index in [4.69, 9.17) is 0 Å². The number of carbonyl (C=O) groups excluding carboxylic acids is 1. The Kier molecular flexibility index (Phi) is 7.95. The van der Waals surface area contributed by atoms with Gasteiger partial charge in [0.15, 0.2) is 5.96 Å². The number of hydrogen-bond acceptors (Lipinski definition) is 4. The predicted octanol–water partition coefficient (Wildman–Crippen LogP) is 2.53. The molecule has 0 spiro atoms. The molecule has 2 aliphatic rings. The first-order valence-electron chi connectivity index (χ1n) is 11.0. The van der Waals surface area contributed by atoms with Crippen molar-refractivity contribution in [2.24, 2.45) is 10.9 Å². The Morgan fingerprint density at radius 2 is 1.93 bits per heavy atom. The maximum Gasteiger partial charge on any atom is 0.225 e. The lowest BCUT2D eigenvalue weighted by Gasteiger charge is -2.36. The van der Waals surface area contributed by atoms with E-state index >= 15 is 0 Å². The van der Waals surface area contributed by atoms with Gasteiger partial charge in [-0.1, -0.05) is 32.8 Å². The standard InChI is InChI=1S/C22H37N5OS/c1-22(2,19-9-6-16-29-19)17-25-21(23-3)24-10-11-26-12-14-27(15-13-26)20(28)18-7-4-5-8-18/h6,9,16,18H,4-5,7-8,10-15,17H2,1-3H3,(H2,23,24,25). The highest BCUT2D eigenvalue weighted by Crippen LogP contribution is 2.27. The number of nitrogens with one attached hydrogen (secondary N) is 2. The van der Waals surface area contributed by atoms with Gasteiger partial charge in [-0.3, -0.25) is 14.7 Å². The first-order valence-corrected chi connectivity index (χ1v) is 11.9. The molecule has 3 rings (SSSR count). The molecular weight excluding hydrogens is 382 g/mol. The van der Waals surface area contributed by atoms with Crippen molar-refractivity contribution in [3.63, 3.8) is 0 Å². The van der Waals surface area contributed by atoms with Crippen molar-refractivity contribution in [3.8, 4) is 0 Å². The summed E-state index contributed by atoms with van der Waals surface area (Å²) < 4.78 is 0. The number of aliphatic imine (C=N–C) groups is 1. The molecule has 1 aromatic heterocycles. The van der Waals surface area contributed by atoms with E-state index in [0.717, 1.165) is 64.6 Å². The van der Waals surface area contributed by atoms with Crippen LogP contribution in [0.25, 0.3) is 0 Å². The maximum atomic E-state index is 12.6. The Hall–Kier alpha value is -1.60.